The maximum Gasteiger partial charge on any atom is 0.0991 e. The summed E-state index contributed by atoms with van der Waals surface area (Å²) in [5.74, 6) is 0. The van der Waals surface area contributed by atoms with E-state index in [0.29, 0.717) is 11.1 Å². The van der Waals surface area contributed by atoms with Gasteiger partial charge in [-0.1, -0.05) is 150 Å². The number of hydrogen-bond donors (Lipinski definition) is 0. The zero-order chi connectivity index (χ0) is 47.2. The largest absolute Gasteiger partial charge is 0.314 e. The van der Waals surface area contributed by atoms with Crippen molar-refractivity contribution in [1.82, 2.24) is 9.13 Å². The van der Waals surface area contributed by atoms with Gasteiger partial charge in [0, 0.05) is 33.2 Å². The van der Waals surface area contributed by atoms with Gasteiger partial charge >= 0.3 is 0 Å². The third-order valence-electron chi connectivity index (χ3n) is 10.6. The van der Waals surface area contributed by atoms with Crippen LogP contribution in [-0.4, -0.2) is 9.13 Å². The van der Waals surface area contributed by atoms with Crippen LogP contribution in [0.4, 0.5) is 0 Å². The molecule has 0 unspecified atom stereocenters. The van der Waals surface area contributed by atoms with E-state index in [2.05, 4.69) is 179 Å². The van der Waals surface area contributed by atoms with Crippen molar-refractivity contribution in [3.8, 4) is 25.0 Å². The number of fused-ring (bicyclic) bond motifs is 4. The first-order chi connectivity index (χ1) is 31.1. The highest BCUT2D eigenvalue weighted by molar-refractivity contribution is 6.09. The molecule has 0 saturated heterocycles. The van der Waals surface area contributed by atoms with Gasteiger partial charge in [0.25, 0.3) is 0 Å². The highest BCUT2D eigenvalue weighted by atomic mass is 15.0. The van der Waals surface area contributed by atoms with E-state index < -0.39 is 0 Å². The molecular weight excluding hydrogens is 777 g/mol. The Morgan fingerprint density at radius 1 is 0.641 bits per heavy atom. The predicted octanol–water partition coefficient (Wildman–Crippen LogP) is 17.1. The van der Waals surface area contributed by atoms with E-state index in [1.165, 1.54) is 49.7 Å². The summed E-state index contributed by atoms with van der Waals surface area (Å²) < 4.78 is 4.56. The minimum atomic E-state index is 0.653. The molecular formula is C60H64N4. The Labute approximate surface area is 383 Å². The lowest BCUT2D eigenvalue weighted by atomic mass is 9.95. The van der Waals surface area contributed by atoms with Crippen LogP contribution in [0.1, 0.15) is 108 Å². The topological polar surface area (TPSA) is 57.4 Å². The number of allylic oxidation sites excluding steroid dienone is 9. The summed E-state index contributed by atoms with van der Waals surface area (Å²) in [6.45, 7) is 27.0. The van der Waals surface area contributed by atoms with E-state index in [-0.39, 0.29) is 0 Å². The third kappa shape index (κ3) is 12.5. The van der Waals surface area contributed by atoms with E-state index >= 15 is 0 Å². The summed E-state index contributed by atoms with van der Waals surface area (Å²) in [6, 6.07) is 45.1. The molecule has 5 aromatic carbocycles. The van der Waals surface area contributed by atoms with E-state index in [1.54, 1.807) is 6.07 Å². The lowest BCUT2D eigenvalue weighted by Crippen LogP contribution is -1.97. The van der Waals surface area contributed by atoms with Gasteiger partial charge in [-0.05, 0) is 129 Å². The van der Waals surface area contributed by atoms with Crippen molar-refractivity contribution in [3.05, 3.63) is 198 Å². The number of terminal acetylenes is 1. The van der Waals surface area contributed by atoms with E-state index in [1.807, 2.05) is 76.2 Å². The Balaban J connectivity index is 0.000000248. The smallest absolute Gasteiger partial charge is 0.0991 e. The first-order valence-corrected chi connectivity index (χ1v) is 22.1. The Kier molecular flexibility index (Phi) is 20.6. The Morgan fingerprint density at radius 3 is 1.59 bits per heavy atom. The Hall–Kier alpha value is -7.58. The monoisotopic (exact) mass is 841 g/mol. The SMILES string of the molecule is C#C.C/C=C(\C=C(/CC)c1cccc(C#N)c1)c1cccc(C#N)c1.C=C(/C=C(\C)n1c(/C=C\CC)c(C)c2ccccc21)CC.C=C(C)n1c2ccccc2c2ccccc21.CC. The van der Waals surface area contributed by atoms with E-state index in [9.17, 15) is 0 Å². The second-order valence-corrected chi connectivity index (χ2v) is 14.7. The average Bonchev–Trinajstić information content (AvgIpc) is 3.84. The van der Waals surface area contributed by atoms with Gasteiger partial charge in [0.05, 0.1) is 39.8 Å². The fourth-order valence-electron chi connectivity index (χ4n) is 7.49. The second kappa shape index (κ2) is 26.0. The van der Waals surface area contributed by atoms with Crippen LogP contribution < -0.4 is 0 Å². The Morgan fingerprint density at radius 2 is 1.12 bits per heavy atom. The summed E-state index contributed by atoms with van der Waals surface area (Å²) in [6.07, 6.45) is 21.7. The fraction of sp³-hybridized carbons (Fsp3) is 0.200. The van der Waals surface area contributed by atoms with Crippen LogP contribution in [-0.2, 0) is 0 Å². The summed E-state index contributed by atoms with van der Waals surface area (Å²) in [5.41, 5.74) is 15.4. The molecule has 2 heterocycles. The molecule has 0 aliphatic carbocycles. The minimum absolute atomic E-state index is 0.653. The Bertz CT molecular complexity index is 2860. The van der Waals surface area contributed by atoms with Gasteiger partial charge in [0.1, 0.15) is 0 Å². The molecule has 4 heteroatoms. The zero-order valence-corrected chi connectivity index (χ0v) is 39.4. The van der Waals surface area contributed by atoms with Crippen LogP contribution >= 0.6 is 0 Å². The molecule has 0 atom stereocenters. The molecule has 4 nitrogen and oxygen atoms in total. The molecule has 0 amide bonds. The van der Waals surface area contributed by atoms with Crippen molar-refractivity contribution in [2.75, 3.05) is 0 Å². The van der Waals surface area contributed by atoms with Crippen LogP contribution in [0.3, 0.4) is 0 Å². The normalized spacial score (nSPS) is 11.2. The first kappa shape index (κ1) is 50.8. The summed E-state index contributed by atoms with van der Waals surface area (Å²) in [7, 11) is 0. The van der Waals surface area contributed by atoms with Crippen LogP contribution in [0.15, 0.2) is 164 Å². The van der Waals surface area contributed by atoms with Crippen molar-refractivity contribution >= 4 is 61.3 Å². The van der Waals surface area contributed by atoms with Gasteiger partial charge < -0.3 is 9.13 Å². The van der Waals surface area contributed by atoms with Gasteiger partial charge in [-0.2, -0.15) is 10.5 Å². The van der Waals surface area contributed by atoms with Crippen LogP contribution in [0, 0.1) is 42.4 Å². The number of nitrogens with zero attached hydrogens (tertiary/aromatic N) is 4. The molecule has 2 aromatic heterocycles. The van der Waals surface area contributed by atoms with Gasteiger partial charge in [-0.25, -0.2) is 0 Å². The number of nitriles is 2. The molecule has 7 aromatic rings. The molecule has 324 valence electrons. The molecule has 0 spiro atoms. The van der Waals surface area contributed by atoms with Crippen LogP contribution in [0.25, 0.3) is 61.3 Å². The van der Waals surface area contributed by atoms with Crippen molar-refractivity contribution in [2.24, 2.45) is 0 Å². The quantitative estimate of drug-likeness (QED) is 0.102. The fourth-order valence-corrected chi connectivity index (χ4v) is 7.49. The summed E-state index contributed by atoms with van der Waals surface area (Å²) in [4.78, 5) is 0. The number of para-hydroxylation sites is 3. The molecule has 0 bridgehead atoms. The molecule has 0 aliphatic rings. The van der Waals surface area contributed by atoms with Gasteiger partial charge in [-0.15, -0.1) is 12.8 Å². The molecule has 7 rings (SSSR count). The number of aromatic nitrogens is 2. The van der Waals surface area contributed by atoms with Gasteiger partial charge in [-0.3, -0.25) is 0 Å². The van der Waals surface area contributed by atoms with E-state index in [0.717, 1.165) is 52.8 Å². The standard InChI is InChI=1S/C21H18N2.C20H25N.C15H13N.C2H6.C2H2/c1-3-18(20-9-5-7-16(11-20)14-22)13-19(4-2)21-10-6-8-17(12-21)15-23;1-6-8-12-19-17(5)18-11-9-10-13-20(18)21(19)16(4)14-15(3)7-2;1-11(2)16-14-9-5-3-7-12(14)13-8-4-6-10-15(13)16;2*1-2/h3,5-13H,4H2,1-2H3;8-14H,3,6-7H2,1-2,4-5H3;3-10H,1H2,2H3;1-2H3;1-2H/b18-3+,19-13+;12-8-,16-14+;;;. The molecule has 0 saturated carbocycles. The average molecular weight is 841 g/mol. The first-order valence-electron chi connectivity index (χ1n) is 22.1. The molecule has 0 radical (unpaired) electrons. The van der Waals surface area contributed by atoms with Gasteiger partial charge in [0.15, 0.2) is 0 Å². The maximum absolute atomic E-state index is 9.07. The molecule has 0 aliphatic heterocycles. The maximum atomic E-state index is 9.07. The third-order valence-corrected chi connectivity index (χ3v) is 10.6. The zero-order valence-electron chi connectivity index (χ0n) is 39.4. The van der Waals surface area contributed by atoms with E-state index in [4.69, 9.17) is 10.5 Å². The minimum Gasteiger partial charge on any atom is -0.314 e. The lowest BCUT2D eigenvalue weighted by molar-refractivity contribution is 1.09. The summed E-state index contributed by atoms with van der Waals surface area (Å²) in [5, 5.41) is 22.0. The highest BCUT2D eigenvalue weighted by Gasteiger charge is 2.13. The number of benzene rings is 5. The highest BCUT2D eigenvalue weighted by Crippen LogP contribution is 2.32. The summed E-state index contributed by atoms with van der Waals surface area (Å²) >= 11 is 0. The second-order valence-electron chi connectivity index (χ2n) is 14.7. The van der Waals surface area contributed by atoms with Crippen LogP contribution in [0.5, 0.6) is 0 Å². The molecule has 0 N–H and O–H groups in total. The van der Waals surface area contributed by atoms with Crippen molar-refractivity contribution in [2.45, 2.75) is 81.6 Å². The predicted molar refractivity (Wildman–Crippen MR) is 281 cm³/mol. The van der Waals surface area contributed by atoms with Crippen molar-refractivity contribution < 1.29 is 0 Å². The lowest BCUT2D eigenvalue weighted by Gasteiger charge is -2.10. The van der Waals surface area contributed by atoms with Gasteiger partial charge in [0.2, 0.25) is 0 Å². The van der Waals surface area contributed by atoms with Crippen molar-refractivity contribution in [1.29, 1.82) is 10.5 Å². The number of aryl methyl sites for hydroxylation is 1. The number of rotatable bonds is 10. The molecule has 64 heavy (non-hydrogen) atoms. The number of hydrogen-bond acceptors (Lipinski definition) is 2. The molecule has 0 fully saturated rings. The van der Waals surface area contributed by atoms with Crippen molar-refractivity contribution in [3.63, 3.8) is 0 Å². The van der Waals surface area contributed by atoms with Crippen LogP contribution in [0.2, 0.25) is 0 Å².